The predicted molar refractivity (Wildman–Crippen MR) is 106 cm³/mol. The van der Waals surface area contributed by atoms with Gasteiger partial charge in [-0.2, -0.15) is 0 Å². The number of carbonyl (C=O) groups is 2. The Morgan fingerprint density at radius 2 is 1.69 bits per heavy atom. The lowest BCUT2D eigenvalue weighted by Crippen LogP contribution is -2.48. The van der Waals surface area contributed by atoms with E-state index in [0.29, 0.717) is 29.0 Å². The molecule has 2 heterocycles. The van der Waals surface area contributed by atoms with Gasteiger partial charge in [0.1, 0.15) is 17.4 Å². The second-order valence-electron chi connectivity index (χ2n) is 7.67. The first-order valence-corrected chi connectivity index (χ1v) is 11.1. The molecule has 0 saturated carbocycles. The van der Waals surface area contributed by atoms with Crippen molar-refractivity contribution in [3.05, 3.63) is 59.7 Å². The molecule has 0 aliphatic carbocycles. The zero-order valence-electron chi connectivity index (χ0n) is 15.9. The van der Waals surface area contributed by atoms with Crippen LogP contribution in [0.25, 0.3) is 0 Å². The summed E-state index contributed by atoms with van der Waals surface area (Å²) in [6, 6.07) is 14.4. The maximum Gasteiger partial charge on any atom is 0.318 e. The summed E-state index contributed by atoms with van der Waals surface area (Å²) < 4.78 is 34.5. The van der Waals surface area contributed by atoms with Gasteiger partial charge in [-0.25, -0.2) is 8.42 Å². The normalized spacial score (nSPS) is 22.1. The molecule has 2 aromatic rings. The third-order valence-electron chi connectivity index (χ3n) is 5.21. The fraction of sp³-hybridized carbons (Fsp3) is 0.333. The number of hydrogen-bond acceptors (Lipinski definition) is 6. The first kappa shape index (κ1) is 19.4. The summed E-state index contributed by atoms with van der Waals surface area (Å²) in [4.78, 5) is 25.2. The van der Waals surface area contributed by atoms with Crippen LogP contribution in [0.1, 0.15) is 30.4 Å². The van der Waals surface area contributed by atoms with Crippen LogP contribution in [0.2, 0.25) is 0 Å². The van der Waals surface area contributed by atoms with Crippen LogP contribution in [0.15, 0.2) is 48.5 Å². The Morgan fingerprint density at radius 3 is 2.24 bits per heavy atom. The van der Waals surface area contributed by atoms with Gasteiger partial charge in [0.2, 0.25) is 0 Å². The molecule has 2 aliphatic heterocycles. The number of nitrogens with one attached hydrogen (secondary N) is 1. The molecule has 0 bridgehead atoms. The van der Waals surface area contributed by atoms with Gasteiger partial charge in [-0.05, 0) is 25.5 Å². The maximum atomic E-state index is 12.9. The SMILES string of the molecule is C[C@]1(NC(=O)COC(=O)C2c3ccccc3Oc3ccccc32)CCS(=O)(=O)C1. The van der Waals surface area contributed by atoms with Gasteiger partial charge >= 0.3 is 5.97 Å². The van der Waals surface area contributed by atoms with Crippen molar-refractivity contribution < 1.29 is 27.5 Å². The molecular formula is C21H21NO6S. The van der Waals surface area contributed by atoms with Crippen LogP contribution >= 0.6 is 0 Å². The van der Waals surface area contributed by atoms with Crippen molar-refractivity contribution >= 4 is 21.7 Å². The van der Waals surface area contributed by atoms with Gasteiger partial charge in [0.15, 0.2) is 16.4 Å². The van der Waals surface area contributed by atoms with Crippen molar-refractivity contribution in [2.45, 2.75) is 24.8 Å². The van der Waals surface area contributed by atoms with Crippen molar-refractivity contribution in [3.63, 3.8) is 0 Å². The zero-order valence-corrected chi connectivity index (χ0v) is 16.7. The highest BCUT2D eigenvalue weighted by Gasteiger charge is 2.40. The highest BCUT2D eigenvalue weighted by atomic mass is 32.2. The van der Waals surface area contributed by atoms with E-state index in [0.717, 1.165) is 0 Å². The molecule has 1 N–H and O–H groups in total. The number of para-hydroxylation sites is 2. The van der Waals surface area contributed by atoms with Crippen LogP contribution in [0.3, 0.4) is 0 Å². The molecule has 0 unspecified atom stereocenters. The minimum absolute atomic E-state index is 0.0409. The van der Waals surface area contributed by atoms with E-state index in [9.17, 15) is 18.0 Å². The van der Waals surface area contributed by atoms with Gasteiger partial charge in [-0.15, -0.1) is 0 Å². The molecule has 4 rings (SSSR count). The largest absolute Gasteiger partial charge is 0.457 e. The summed E-state index contributed by atoms with van der Waals surface area (Å²) in [5, 5.41) is 2.69. The molecule has 29 heavy (non-hydrogen) atoms. The highest BCUT2D eigenvalue weighted by Crippen LogP contribution is 2.44. The second-order valence-corrected chi connectivity index (χ2v) is 9.85. The van der Waals surface area contributed by atoms with Gasteiger partial charge in [-0.3, -0.25) is 9.59 Å². The third kappa shape index (κ3) is 3.98. The first-order valence-electron chi connectivity index (χ1n) is 9.30. The van der Waals surface area contributed by atoms with Crippen molar-refractivity contribution in [1.29, 1.82) is 0 Å². The predicted octanol–water partition coefficient (Wildman–Crippen LogP) is 2.16. The Labute approximate surface area is 168 Å². The summed E-state index contributed by atoms with van der Waals surface area (Å²) >= 11 is 0. The molecule has 1 amide bonds. The summed E-state index contributed by atoms with van der Waals surface area (Å²) in [6.45, 7) is 1.21. The number of benzene rings is 2. The van der Waals surface area contributed by atoms with Crippen molar-refractivity contribution in [1.82, 2.24) is 5.32 Å². The smallest absolute Gasteiger partial charge is 0.318 e. The third-order valence-corrected chi connectivity index (χ3v) is 7.11. The topological polar surface area (TPSA) is 98.8 Å². The molecule has 0 aromatic heterocycles. The summed E-state index contributed by atoms with van der Waals surface area (Å²) in [6.07, 6.45) is 0.343. The Bertz CT molecular complexity index is 1030. The van der Waals surface area contributed by atoms with Crippen LogP contribution in [0.5, 0.6) is 11.5 Å². The Morgan fingerprint density at radius 1 is 1.10 bits per heavy atom. The van der Waals surface area contributed by atoms with Crippen LogP contribution in [-0.4, -0.2) is 43.9 Å². The van der Waals surface area contributed by atoms with E-state index in [-0.39, 0.29) is 11.5 Å². The standard InChI is InChI=1S/C21H21NO6S/c1-21(10-11-29(25,26)13-21)22-18(23)12-27-20(24)19-14-6-2-4-8-16(14)28-17-9-5-3-7-15(17)19/h2-9,19H,10-13H2,1H3,(H,22,23)/t21-/m0/s1. The van der Waals surface area contributed by atoms with Crippen LogP contribution < -0.4 is 10.1 Å². The van der Waals surface area contributed by atoms with Crippen molar-refractivity contribution in [2.75, 3.05) is 18.1 Å². The molecule has 7 nitrogen and oxygen atoms in total. The number of fused-ring (bicyclic) bond motifs is 2. The molecule has 2 aliphatic rings. The fourth-order valence-corrected chi connectivity index (χ4v) is 5.96. The van der Waals surface area contributed by atoms with E-state index >= 15 is 0 Å². The molecule has 0 radical (unpaired) electrons. The van der Waals surface area contributed by atoms with Crippen molar-refractivity contribution in [2.24, 2.45) is 0 Å². The molecule has 8 heteroatoms. The minimum atomic E-state index is -3.15. The Hall–Kier alpha value is -2.87. The molecule has 1 saturated heterocycles. The highest BCUT2D eigenvalue weighted by molar-refractivity contribution is 7.91. The Kier molecular flexibility index (Phi) is 4.82. The van der Waals surface area contributed by atoms with Gasteiger partial charge in [0.05, 0.1) is 17.0 Å². The van der Waals surface area contributed by atoms with E-state index in [1.807, 2.05) is 24.3 Å². The number of amides is 1. The number of rotatable bonds is 4. The molecule has 0 spiro atoms. The minimum Gasteiger partial charge on any atom is -0.457 e. The van der Waals surface area contributed by atoms with Crippen LogP contribution in [0, 0.1) is 0 Å². The van der Waals surface area contributed by atoms with E-state index in [4.69, 9.17) is 9.47 Å². The number of sulfone groups is 1. The van der Waals surface area contributed by atoms with E-state index in [1.165, 1.54) is 0 Å². The summed E-state index contributed by atoms with van der Waals surface area (Å²) in [5.74, 6) is -0.715. The van der Waals surface area contributed by atoms with Gasteiger partial charge in [0.25, 0.3) is 5.91 Å². The lowest BCUT2D eigenvalue weighted by atomic mass is 9.88. The fourth-order valence-electron chi connectivity index (χ4n) is 3.87. The molecule has 2 aromatic carbocycles. The average molecular weight is 415 g/mol. The summed E-state index contributed by atoms with van der Waals surface area (Å²) in [7, 11) is -3.15. The monoisotopic (exact) mass is 415 g/mol. The van der Waals surface area contributed by atoms with Crippen molar-refractivity contribution in [3.8, 4) is 11.5 Å². The van der Waals surface area contributed by atoms with Gasteiger partial charge in [0, 0.05) is 11.1 Å². The Balaban J connectivity index is 1.47. The average Bonchev–Trinajstić information content (AvgIpc) is 2.96. The first-order chi connectivity index (χ1) is 13.8. The molecule has 1 fully saturated rings. The zero-order chi connectivity index (χ0) is 20.6. The van der Waals surface area contributed by atoms with Crippen LogP contribution in [0.4, 0.5) is 0 Å². The van der Waals surface area contributed by atoms with Crippen LogP contribution in [-0.2, 0) is 24.2 Å². The number of carbonyl (C=O) groups excluding carboxylic acids is 2. The van der Waals surface area contributed by atoms with E-state index < -0.39 is 39.8 Å². The molecular weight excluding hydrogens is 394 g/mol. The van der Waals surface area contributed by atoms with Gasteiger partial charge in [-0.1, -0.05) is 36.4 Å². The second kappa shape index (κ2) is 7.18. The van der Waals surface area contributed by atoms with E-state index in [1.54, 1.807) is 31.2 Å². The summed E-state index contributed by atoms with van der Waals surface area (Å²) in [5.41, 5.74) is 0.510. The number of ether oxygens (including phenoxy) is 2. The lowest BCUT2D eigenvalue weighted by molar-refractivity contribution is -0.149. The maximum absolute atomic E-state index is 12.9. The lowest BCUT2D eigenvalue weighted by Gasteiger charge is -2.27. The number of hydrogen-bond donors (Lipinski definition) is 1. The van der Waals surface area contributed by atoms with Gasteiger partial charge < -0.3 is 14.8 Å². The van der Waals surface area contributed by atoms with E-state index in [2.05, 4.69) is 5.32 Å². The molecule has 1 atom stereocenters. The quantitative estimate of drug-likeness (QED) is 0.769. The number of esters is 1. The molecule has 152 valence electrons.